The molecular weight excluding hydrogens is 296 g/mol. The minimum Gasteiger partial charge on any atom is -0.449 e. The fourth-order valence-corrected chi connectivity index (χ4v) is 3.05. The van der Waals surface area contributed by atoms with E-state index in [0.29, 0.717) is 37.2 Å². The zero-order valence-corrected chi connectivity index (χ0v) is 13.2. The van der Waals surface area contributed by atoms with Gasteiger partial charge in [-0.1, -0.05) is 25.5 Å². The van der Waals surface area contributed by atoms with Gasteiger partial charge in [0.25, 0.3) is 11.8 Å². The van der Waals surface area contributed by atoms with Gasteiger partial charge in [-0.15, -0.1) is 0 Å². The lowest BCUT2D eigenvalue weighted by atomic mass is 10.1. The summed E-state index contributed by atoms with van der Waals surface area (Å²) in [4.78, 5) is 39.8. The predicted octanol–water partition coefficient (Wildman–Crippen LogP) is 2.29. The summed E-state index contributed by atoms with van der Waals surface area (Å²) in [6.07, 6.45) is 2.03. The van der Waals surface area contributed by atoms with Crippen molar-refractivity contribution < 1.29 is 19.1 Å². The molecule has 1 unspecified atom stereocenters. The van der Waals surface area contributed by atoms with Gasteiger partial charge < -0.3 is 9.64 Å². The summed E-state index contributed by atoms with van der Waals surface area (Å²) in [5.41, 5.74) is 0.892. The van der Waals surface area contributed by atoms with Gasteiger partial charge in [0.1, 0.15) is 0 Å². The molecule has 0 spiro atoms. The highest BCUT2D eigenvalue weighted by molar-refractivity contribution is 6.21. The number of fused-ring (bicyclic) bond motifs is 1. The number of unbranched alkanes of at least 4 members (excludes halogenated alkanes) is 1. The molecule has 1 aromatic rings. The maximum Gasteiger partial charge on any atom is 0.409 e. The average Bonchev–Trinajstić information content (AvgIpc) is 3.12. The summed E-state index contributed by atoms with van der Waals surface area (Å²) < 4.78 is 5.19. The maximum atomic E-state index is 12.5. The Hall–Kier alpha value is -2.37. The van der Waals surface area contributed by atoms with E-state index in [9.17, 15) is 14.4 Å². The van der Waals surface area contributed by atoms with Gasteiger partial charge in [0, 0.05) is 13.1 Å². The number of carbonyl (C=O) groups excluding carboxylic acids is 3. The standard InChI is InChI=1S/C17H20N2O4/c1-2-3-10-23-17(22)18-9-8-12(11-18)19-15(20)13-6-4-5-7-14(13)16(19)21/h4-7,12H,2-3,8-11H2,1H3. The topological polar surface area (TPSA) is 66.9 Å². The van der Waals surface area contributed by atoms with Crippen molar-refractivity contribution in [2.75, 3.05) is 19.7 Å². The molecule has 0 aliphatic carbocycles. The molecule has 1 aromatic carbocycles. The number of nitrogens with zero attached hydrogens (tertiary/aromatic N) is 2. The first kappa shape index (κ1) is 15.5. The van der Waals surface area contributed by atoms with Gasteiger partial charge in [-0.2, -0.15) is 0 Å². The molecule has 0 N–H and O–H groups in total. The molecule has 6 heteroatoms. The second kappa shape index (κ2) is 6.40. The number of carbonyl (C=O) groups is 3. The number of hydrogen-bond donors (Lipinski definition) is 0. The molecule has 0 bridgehead atoms. The Morgan fingerprint density at radius 2 is 1.87 bits per heavy atom. The lowest BCUT2D eigenvalue weighted by Gasteiger charge is -2.22. The highest BCUT2D eigenvalue weighted by Gasteiger charge is 2.43. The Morgan fingerprint density at radius 1 is 1.22 bits per heavy atom. The van der Waals surface area contributed by atoms with E-state index in [0.717, 1.165) is 12.8 Å². The van der Waals surface area contributed by atoms with Crippen LogP contribution in [0.3, 0.4) is 0 Å². The van der Waals surface area contributed by atoms with Crippen LogP contribution in [0.2, 0.25) is 0 Å². The number of likely N-dealkylation sites (tertiary alicyclic amines) is 1. The zero-order valence-electron chi connectivity index (χ0n) is 13.2. The molecule has 0 aromatic heterocycles. The highest BCUT2D eigenvalue weighted by atomic mass is 16.6. The molecule has 2 aliphatic heterocycles. The zero-order chi connectivity index (χ0) is 16.4. The van der Waals surface area contributed by atoms with Crippen molar-refractivity contribution in [2.45, 2.75) is 32.2 Å². The van der Waals surface area contributed by atoms with E-state index in [1.165, 1.54) is 4.90 Å². The van der Waals surface area contributed by atoms with E-state index in [1.807, 2.05) is 6.92 Å². The van der Waals surface area contributed by atoms with Crippen molar-refractivity contribution in [3.8, 4) is 0 Å². The van der Waals surface area contributed by atoms with Gasteiger partial charge in [-0.25, -0.2) is 4.79 Å². The predicted molar refractivity (Wildman–Crippen MR) is 83.2 cm³/mol. The molecule has 3 rings (SSSR count). The third-order valence-electron chi connectivity index (χ3n) is 4.34. The average molecular weight is 316 g/mol. The van der Waals surface area contributed by atoms with Gasteiger partial charge in [0.05, 0.1) is 23.8 Å². The Labute approximate surface area is 135 Å². The van der Waals surface area contributed by atoms with E-state index >= 15 is 0 Å². The molecule has 2 aliphatic rings. The molecule has 1 atom stereocenters. The highest BCUT2D eigenvalue weighted by Crippen LogP contribution is 2.28. The summed E-state index contributed by atoms with van der Waals surface area (Å²) in [5, 5.41) is 0. The molecule has 0 saturated carbocycles. The quantitative estimate of drug-likeness (QED) is 0.631. The minimum atomic E-state index is -0.363. The van der Waals surface area contributed by atoms with Crippen LogP contribution in [0.15, 0.2) is 24.3 Å². The second-order valence-corrected chi connectivity index (χ2v) is 5.88. The van der Waals surface area contributed by atoms with Crippen LogP contribution in [0.25, 0.3) is 0 Å². The lowest BCUT2D eigenvalue weighted by molar-refractivity contribution is 0.0580. The first-order valence-corrected chi connectivity index (χ1v) is 8.02. The maximum absolute atomic E-state index is 12.5. The molecule has 6 nitrogen and oxygen atoms in total. The third-order valence-corrected chi connectivity index (χ3v) is 4.34. The largest absolute Gasteiger partial charge is 0.449 e. The number of benzene rings is 1. The van der Waals surface area contributed by atoms with E-state index in [-0.39, 0.29) is 23.9 Å². The Kier molecular flexibility index (Phi) is 4.32. The van der Waals surface area contributed by atoms with E-state index in [2.05, 4.69) is 0 Å². The number of rotatable bonds is 4. The smallest absolute Gasteiger partial charge is 0.409 e. The molecule has 1 fully saturated rings. The Bertz CT molecular complexity index is 608. The van der Waals surface area contributed by atoms with Crippen molar-refractivity contribution in [3.63, 3.8) is 0 Å². The van der Waals surface area contributed by atoms with Crippen molar-refractivity contribution >= 4 is 17.9 Å². The lowest BCUT2D eigenvalue weighted by Crippen LogP contribution is -2.42. The van der Waals surface area contributed by atoms with Crippen LogP contribution in [-0.2, 0) is 4.74 Å². The number of ether oxygens (including phenoxy) is 1. The molecule has 1 saturated heterocycles. The Balaban J connectivity index is 1.65. The molecular formula is C17H20N2O4. The Morgan fingerprint density at radius 3 is 2.48 bits per heavy atom. The SMILES string of the molecule is CCCCOC(=O)N1CCC(N2C(=O)c3ccccc3C2=O)C1. The van der Waals surface area contributed by atoms with Crippen LogP contribution < -0.4 is 0 Å². The minimum absolute atomic E-state index is 0.267. The van der Waals surface area contributed by atoms with E-state index < -0.39 is 0 Å². The van der Waals surface area contributed by atoms with Crippen LogP contribution in [-0.4, -0.2) is 53.4 Å². The van der Waals surface area contributed by atoms with Crippen LogP contribution in [0.1, 0.15) is 46.9 Å². The van der Waals surface area contributed by atoms with Crippen LogP contribution in [0.5, 0.6) is 0 Å². The summed E-state index contributed by atoms with van der Waals surface area (Å²) >= 11 is 0. The van der Waals surface area contributed by atoms with Crippen molar-refractivity contribution in [1.29, 1.82) is 0 Å². The van der Waals surface area contributed by atoms with Gasteiger partial charge in [0.2, 0.25) is 0 Å². The molecule has 0 radical (unpaired) electrons. The number of hydrogen-bond acceptors (Lipinski definition) is 4. The first-order chi connectivity index (χ1) is 11.1. The van der Waals surface area contributed by atoms with E-state index in [1.54, 1.807) is 29.2 Å². The summed E-state index contributed by atoms with van der Waals surface area (Å²) in [7, 11) is 0. The molecule has 3 amide bonds. The van der Waals surface area contributed by atoms with Crippen LogP contribution >= 0.6 is 0 Å². The summed E-state index contributed by atoms with van der Waals surface area (Å²) in [6, 6.07) is 6.56. The number of imide groups is 1. The number of amides is 3. The molecule has 23 heavy (non-hydrogen) atoms. The van der Waals surface area contributed by atoms with Crippen molar-refractivity contribution in [2.24, 2.45) is 0 Å². The van der Waals surface area contributed by atoms with Gasteiger partial charge >= 0.3 is 6.09 Å². The van der Waals surface area contributed by atoms with Crippen molar-refractivity contribution in [1.82, 2.24) is 9.80 Å². The monoisotopic (exact) mass is 316 g/mol. The summed E-state index contributed by atoms with van der Waals surface area (Å²) in [5.74, 6) is -0.534. The van der Waals surface area contributed by atoms with Gasteiger partial charge in [-0.3, -0.25) is 14.5 Å². The van der Waals surface area contributed by atoms with Crippen LogP contribution in [0.4, 0.5) is 4.79 Å². The third kappa shape index (κ3) is 2.81. The fourth-order valence-electron chi connectivity index (χ4n) is 3.05. The van der Waals surface area contributed by atoms with E-state index in [4.69, 9.17) is 4.74 Å². The van der Waals surface area contributed by atoms with Gasteiger partial charge in [0.15, 0.2) is 0 Å². The van der Waals surface area contributed by atoms with Crippen molar-refractivity contribution in [3.05, 3.63) is 35.4 Å². The normalized spacial score (nSPS) is 20.1. The second-order valence-electron chi connectivity index (χ2n) is 5.88. The summed E-state index contributed by atoms with van der Waals surface area (Å²) in [6.45, 7) is 3.28. The first-order valence-electron chi connectivity index (χ1n) is 8.02. The molecule has 122 valence electrons. The van der Waals surface area contributed by atoms with Crippen LogP contribution in [0, 0.1) is 0 Å². The fraction of sp³-hybridized carbons (Fsp3) is 0.471. The van der Waals surface area contributed by atoms with Gasteiger partial charge in [-0.05, 0) is 25.0 Å². The molecule has 2 heterocycles.